The van der Waals surface area contributed by atoms with Crippen LogP contribution in [0, 0.1) is 12.8 Å². The van der Waals surface area contributed by atoms with Gasteiger partial charge in [-0.05, 0) is 43.7 Å². The smallest absolute Gasteiger partial charge is 0.223 e. The quantitative estimate of drug-likeness (QED) is 0.676. The van der Waals surface area contributed by atoms with Gasteiger partial charge in [-0.25, -0.2) is 4.98 Å². The van der Waals surface area contributed by atoms with Crippen molar-refractivity contribution >= 4 is 5.91 Å². The molecular formula is C24H27N3O. The van der Waals surface area contributed by atoms with Crippen LogP contribution in [0.25, 0.3) is 0 Å². The van der Waals surface area contributed by atoms with Crippen LogP contribution in [0.5, 0.6) is 0 Å². The SMILES string of the molecule is Cc1nc2c([nH]1)CC(C(=O)NC(CCc1ccccc1)c1ccccc1)CC2. The van der Waals surface area contributed by atoms with Crippen molar-refractivity contribution in [3.05, 3.63) is 89.0 Å². The number of benzene rings is 2. The first-order chi connectivity index (χ1) is 13.7. The Hall–Kier alpha value is -2.88. The second-order valence-corrected chi connectivity index (χ2v) is 7.68. The number of imidazole rings is 1. The largest absolute Gasteiger partial charge is 0.349 e. The molecule has 4 heteroatoms. The lowest BCUT2D eigenvalue weighted by molar-refractivity contribution is -0.126. The third kappa shape index (κ3) is 4.33. The van der Waals surface area contributed by atoms with E-state index in [1.807, 2.05) is 31.2 Å². The molecule has 0 spiro atoms. The molecule has 2 atom stereocenters. The maximum atomic E-state index is 13.1. The van der Waals surface area contributed by atoms with Crippen LogP contribution in [0.2, 0.25) is 0 Å². The van der Waals surface area contributed by atoms with E-state index in [1.54, 1.807) is 0 Å². The molecule has 0 saturated heterocycles. The number of nitrogens with one attached hydrogen (secondary N) is 2. The summed E-state index contributed by atoms with van der Waals surface area (Å²) in [5.41, 5.74) is 4.73. The van der Waals surface area contributed by atoms with Gasteiger partial charge in [0.15, 0.2) is 0 Å². The van der Waals surface area contributed by atoms with Gasteiger partial charge in [0, 0.05) is 18.0 Å². The van der Waals surface area contributed by atoms with Crippen molar-refractivity contribution in [1.29, 1.82) is 0 Å². The molecule has 4 rings (SSSR count). The van der Waals surface area contributed by atoms with E-state index >= 15 is 0 Å². The molecule has 3 aromatic rings. The van der Waals surface area contributed by atoms with Crippen LogP contribution in [0.1, 0.15) is 47.2 Å². The lowest BCUT2D eigenvalue weighted by Crippen LogP contribution is -2.36. The summed E-state index contributed by atoms with van der Waals surface area (Å²) in [6, 6.07) is 20.8. The van der Waals surface area contributed by atoms with Gasteiger partial charge in [-0.1, -0.05) is 60.7 Å². The summed E-state index contributed by atoms with van der Waals surface area (Å²) in [7, 11) is 0. The number of nitrogens with zero attached hydrogens (tertiary/aromatic N) is 1. The van der Waals surface area contributed by atoms with E-state index in [0.29, 0.717) is 0 Å². The first kappa shape index (κ1) is 18.5. The van der Waals surface area contributed by atoms with E-state index in [9.17, 15) is 4.79 Å². The van der Waals surface area contributed by atoms with Crippen LogP contribution in [0.3, 0.4) is 0 Å². The molecular weight excluding hydrogens is 346 g/mol. The van der Waals surface area contributed by atoms with E-state index < -0.39 is 0 Å². The fraction of sp³-hybridized carbons (Fsp3) is 0.333. The Labute approximate surface area is 166 Å². The van der Waals surface area contributed by atoms with Crippen molar-refractivity contribution in [1.82, 2.24) is 15.3 Å². The van der Waals surface area contributed by atoms with Crippen LogP contribution in [-0.2, 0) is 24.1 Å². The number of aryl methyl sites for hydroxylation is 3. The van der Waals surface area contributed by atoms with Crippen molar-refractivity contribution in [3.8, 4) is 0 Å². The molecule has 4 nitrogen and oxygen atoms in total. The monoisotopic (exact) mass is 373 g/mol. The van der Waals surface area contributed by atoms with Gasteiger partial charge in [-0.3, -0.25) is 4.79 Å². The Balaban J connectivity index is 1.45. The lowest BCUT2D eigenvalue weighted by atomic mass is 9.88. The summed E-state index contributed by atoms with van der Waals surface area (Å²) in [4.78, 5) is 20.9. The molecule has 1 aliphatic rings. The van der Waals surface area contributed by atoms with Crippen molar-refractivity contribution in [2.75, 3.05) is 0 Å². The number of aromatic nitrogens is 2. The number of H-pyrrole nitrogens is 1. The maximum Gasteiger partial charge on any atom is 0.223 e. The minimum Gasteiger partial charge on any atom is -0.349 e. The minimum atomic E-state index is 0.00953. The zero-order valence-electron chi connectivity index (χ0n) is 16.3. The summed E-state index contributed by atoms with van der Waals surface area (Å²) in [5.74, 6) is 1.10. The Morgan fingerprint density at radius 1 is 1.14 bits per heavy atom. The number of fused-ring (bicyclic) bond motifs is 1. The molecule has 1 aliphatic carbocycles. The predicted molar refractivity (Wildman–Crippen MR) is 111 cm³/mol. The molecule has 2 aromatic carbocycles. The molecule has 1 amide bonds. The number of carbonyl (C=O) groups excluding carboxylic acids is 1. The summed E-state index contributed by atoms with van der Waals surface area (Å²) in [6.07, 6.45) is 4.32. The summed E-state index contributed by atoms with van der Waals surface area (Å²) in [6.45, 7) is 1.97. The normalized spacial score (nSPS) is 17.0. The Kier molecular flexibility index (Phi) is 5.56. The highest BCUT2D eigenvalue weighted by atomic mass is 16.1. The van der Waals surface area contributed by atoms with Crippen LogP contribution >= 0.6 is 0 Å². The maximum absolute atomic E-state index is 13.1. The van der Waals surface area contributed by atoms with E-state index in [-0.39, 0.29) is 17.9 Å². The zero-order valence-corrected chi connectivity index (χ0v) is 16.3. The minimum absolute atomic E-state index is 0.00953. The van der Waals surface area contributed by atoms with Gasteiger partial charge in [-0.15, -0.1) is 0 Å². The fourth-order valence-electron chi connectivity index (χ4n) is 4.10. The average Bonchev–Trinajstić information content (AvgIpc) is 3.11. The molecule has 0 fully saturated rings. The molecule has 0 radical (unpaired) electrons. The van der Waals surface area contributed by atoms with Gasteiger partial charge in [0.2, 0.25) is 5.91 Å². The van der Waals surface area contributed by atoms with Gasteiger partial charge in [0.25, 0.3) is 0 Å². The van der Waals surface area contributed by atoms with Crippen LogP contribution in [0.15, 0.2) is 60.7 Å². The molecule has 2 N–H and O–H groups in total. The molecule has 0 bridgehead atoms. The van der Waals surface area contributed by atoms with E-state index in [4.69, 9.17) is 0 Å². The highest BCUT2D eigenvalue weighted by Crippen LogP contribution is 2.26. The van der Waals surface area contributed by atoms with Crippen LogP contribution < -0.4 is 5.32 Å². The summed E-state index contributed by atoms with van der Waals surface area (Å²) >= 11 is 0. The number of carbonyl (C=O) groups is 1. The summed E-state index contributed by atoms with van der Waals surface area (Å²) in [5, 5.41) is 3.34. The molecule has 1 aromatic heterocycles. The number of aromatic amines is 1. The molecule has 0 aliphatic heterocycles. The van der Waals surface area contributed by atoms with Gasteiger partial charge >= 0.3 is 0 Å². The van der Waals surface area contributed by atoms with Crippen molar-refractivity contribution in [2.24, 2.45) is 5.92 Å². The Bertz CT molecular complexity index is 918. The first-order valence-corrected chi connectivity index (χ1v) is 10.1. The van der Waals surface area contributed by atoms with Gasteiger partial charge in [0.05, 0.1) is 11.7 Å². The standard InChI is InChI=1S/C24H27N3O/c1-17-25-22-15-13-20(16-23(22)26-17)24(28)27-21(19-10-6-3-7-11-19)14-12-18-8-4-2-5-9-18/h2-11,20-21H,12-16H2,1H3,(H,25,26)(H,27,28). The third-order valence-electron chi connectivity index (χ3n) is 5.62. The van der Waals surface area contributed by atoms with E-state index in [0.717, 1.165) is 49.3 Å². The summed E-state index contributed by atoms with van der Waals surface area (Å²) < 4.78 is 0. The van der Waals surface area contributed by atoms with Crippen molar-refractivity contribution < 1.29 is 4.79 Å². The molecule has 144 valence electrons. The second kappa shape index (κ2) is 8.42. The highest BCUT2D eigenvalue weighted by molar-refractivity contribution is 5.79. The van der Waals surface area contributed by atoms with E-state index in [2.05, 4.69) is 51.7 Å². The third-order valence-corrected chi connectivity index (χ3v) is 5.62. The first-order valence-electron chi connectivity index (χ1n) is 10.1. The van der Waals surface area contributed by atoms with Gasteiger partial charge < -0.3 is 10.3 Å². The Morgan fingerprint density at radius 2 is 1.86 bits per heavy atom. The number of hydrogen-bond donors (Lipinski definition) is 2. The Morgan fingerprint density at radius 3 is 2.61 bits per heavy atom. The van der Waals surface area contributed by atoms with Crippen molar-refractivity contribution in [2.45, 2.75) is 45.1 Å². The molecule has 2 unspecified atom stereocenters. The lowest BCUT2D eigenvalue weighted by Gasteiger charge is -2.25. The zero-order chi connectivity index (χ0) is 19.3. The van der Waals surface area contributed by atoms with Gasteiger partial charge in [-0.2, -0.15) is 0 Å². The average molecular weight is 374 g/mol. The second-order valence-electron chi connectivity index (χ2n) is 7.68. The van der Waals surface area contributed by atoms with Crippen molar-refractivity contribution in [3.63, 3.8) is 0 Å². The van der Waals surface area contributed by atoms with Gasteiger partial charge in [0.1, 0.15) is 5.82 Å². The number of amides is 1. The van der Waals surface area contributed by atoms with Crippen LogP contribution in [0.4, 0.5) is 0 Å². The van der Waals surface area contributed by atoms with Crippen LogP contribution in [-0.4, -0.2) is 15.9 Å². The molecule has 1 heterocycles. The number of hydrogen-bond acceptors (Lipinski definition) is 2. The molecule has 0 saturated carbocycles. The topological polar surface area (TPSA) is 57.8 Å². The number of rotatable bonds is 6. The van der Waals surface area contributed by atoms with E-state index in [1.165, 1.54) is 11.1 Å². The highest BCUT2D eigenvalue weighted by Gasteiger charge is 2.28. The predicted octanol–water partition coefficient (Wildman–Crippen LogP) is 4.31. The molecule has 28 heavy (non-hydrogen) atoms. The fourth-order valence-corrected chi connectivity index (χ4v) is 4.10.